The summed E-state index contributed by atoms with van der Waals surface area (Å²) in [5.41, 5.74) is 2.37. The lowest BCUT2D eigenvalue weighted by Gasteiger charge is -2.16. The number of aryl methyl sites for hydroxylation is 2. The van der Waals surface area contributed by atoms with E-state index in [1.165, 1.54) is 0 Å². The van der Waals surface area contributed by atoms with Crippen LogP contribution in [0.4, 0.5) is 11.4 Å². The van der Waals surface area contributed by atoms with Crippen molar-refractivity contribution in [2.75, 3.05) is 10.6 Å². The third-order valence-electron chi connectivity index (χ3n) is 4.50. The highest BCUT2D eigenvalue weighted by molar-refractivity contribution is 6.35. The Bertz CT molecular complexity index is 840. The SMILES string of the molecule is Cc1ccc(NC(=O)C2(C(=O)Nc3cc(Cl)cc(Cl)c3)CC2)cc1C. The van der Waals surface area contributed by atoms with E-state index in [-0.39, 0.29) is 11.8 Å². The Morgan fingerprint density at radius 3 is 1.92 bits per heavy atom. The van der Waals surface area contributed by atoms with Gasteiger partial charge >= 0.3 is 0 Å². The van der Waals surface area contributed by atoms with Crippen molar-refractivity contribution in [1.82, 2.24) is 0 Å². The quantitative estimate of drug-likeness (QED) is 0.740. The summed E-state index contributed by atoms with van der Waals surface area (Å²) in [7, 11) is 0. The van der Waals surface area contributed by atoms with Gasteiger partial charge in [-0.05, 0) is 68.1 Å². The van der Waals surface area contributed by atoms with Gasteiger partial charge in [-0.2, -0.15) is 0 Å². The average Bonchev–Trinajstić information content (AvgIpc) is 3.31. The molecule has 2 amide bonds. The molecule has 1 aliphatic rings. The maximum atomic E-state index is 12.6. The Balaban J connectivity index is 1.73. The minimum atomic E-state index is -1.03. The Morgan fingerprint density at radius 2 is 1.40 bits per heavy atom. The van der Waals surface area contributed by atoms with Crippen molar-refractivity contribution in [3.05, 3.63) is 57.6 Å². The molecule has 3 rings (SSSR count). The van der Waals surface area contributed by atoms with Gasteiger partial charge in [-0.3, -0.25) is 9.59 Å². The largest absolute Gasteiger partial charge is 0.325 e. The van der Waals surface area contributed by atoms with Crippen LogP contribution in [0.3, 0.4) is 0 Å². The minimum Gasteiger partial charge on any atom is -0.325 e. The normalized spacial score (nSPS) is 14.7. The highest BCUT2D eigenvalue weighted by Gasteiger charge is 2.56. The van der Waals surface area contributed by atoms with Crippen molar-refractivity contribution >= 4 is 46.4 Å². The molecule has 25 heavy (non-hydrogen) atoms. The molecule has 0 atom stereocenters. The van der Waals surface area contributed by atoms with E-state index in [1.807, 2.05) is 32.0 Å². The molecule has 2 N–H and O–H groups in total. The Labute approximate surface area is 156 Å². The number of amides is 2. The van der Waals surface area contributed by atoms with Gasteiger partial charge < -0.3 is 10.6 Å². The average molecular weight is 377 g/mol. The van der Waals surface area contributed by atoms with Crippen molar-refractivity contribution < 1.29 is 9.59 Å². The second-order valence-electron chi connectivity index (χ2n) is 6.45. The van der Waals surface area contributed by atoms with Gasteiger partial charge in [-0.15, -0.1) is 0 Å². The summed E-state index contributed by atoms with van der Waals surface area (Å²) >= 11 is 11.9. The predicted molar refractivity (Wildman–Crippen MR) is 101 cm³/mol. The second-order valence-corrected chi connectivity index (χ2v) is 7.32. The smallest absolute Gasteiger partial charge is 0.240 e. The number of carbonyl (C=O) groups excluding carboxylic acids is 2. The molecule has 2 aromatic rings. The monoisotopic (exact) mass is 376 g/mol. The number of anilines is 2. The third kappa shape index (κ3) is 3.80. The molecule has 1 aliphatic carbocycles. The maximum absolute atomic E-state index is 12.6. The van der Waals surface area contributed by atoms with Crippen molar-refractivity contribution in [2.24, 2.45) is 5.41 Å². The van der Waals surface area contributed by atoms with Crippen LogP contribution in [0.2, 0.25) is 10.0 Å². The third-order valence-corrected chi connectivity index (χ3v) is 4.94. The summed E-state index contributed by atoms with van der Waals surface area (Å²) in [5, 5.41) is 6.44. The molecular weight excluding hydrogens is 359 g/mol. The zero-order chi connectivity index (χ0) is 18.2. The zero-order valence-corrected chi connectivity index (χ0v) is 15.5. The second kappa shape index (κ2) is 6.70. The summed E-state index contributed by atoms with van der Waals surface area (Å²) in [6.45, 7) is 3.99. The van der Waals surface area contributed by atoms with E-state index >= 15 is 0 Å². The van der Waals surface area contributed by atoms with E-state index in [1.54, 1.807) is 18.2 Å². The van der Waals surface area contributed by atoms with Crippen molar-refractivity contribution in [1.29, 1.82) is 0 Å². The van der Waals surface area contributed by atoms with Crippen LogP contribution in [0.5, 0.6) is 0 Å². The molecule has 2 aromatic carbocycles. The van der Waals surface area contributed by atoms with Crippen molar-refractivity contribution in [3.8, 4) is 0 Å². The summed E-state index contributed by atoms with van der Waals surface area (Å²) in [6.07, 6.45) is 1.04. The van der Waals surface area contributed by atoms with Gasteiger partial charge in [0, 0.05) is 21.4 Å². The molecule has 0 unspecified atom stereocenters. The summed E-state index contributed by atoms with van der Waals surface area (Å²) in [5.74, 6) is -0.631. The van der Waals surface area contributed by atoms with Gasteiger partial charge in [0.25, 0.3) is 0 Å². The van der Waals surface area contributed by atoms with Gasteiger partial charge in [0.2, 0.25) is 11.8 Å². The molecule has 0 saturated heterocycles. The topological polar surface area (TPSA) is 58.2 Å². The molecular formula is C19H18Cl2N2O2. The van der Waals surface area contributed by atoms with Crippen molar-refractivity contribution in [3.63, 3.8) is 0 Å². The molecule has 0 radical (unpaired) electrons. The number of nitrogens with one attached hydrogen (secondary N) is 2. The van der Waals surface area contributed by atoms with Crippen LogP contribution in [-0.4, -0.2) is 11.8 Å². The fourth-order valence-electron chi connectivity index (χ4n) is 2.63. The predicted octanol–water partition coefficient (Wildman–Crippen LogP) is 4.97. The van der Waals surface area contributed by atoms with E-state index in [2.05, 4.69) is 10.6 Å². The van der Waals surface area contributed by atoms with Gasteiger partial charge in [-0.1, -0.05) is 29.3 Å². The fourth-order valence-corrected chi connectivity index (χ4v) is 3.15. The molecule has 4 nitrogen and oxygen atoms in total. The van der Waals surface area contributed by atoms with Crippen LogP contribution in [0.1, 0.15) is 24.0 Å². The first kappa shape index (κ1) is 17.8. The van der Waals surface area contributed by atoms with Crippen LogP contribution in [-0.2, 0) is 9.59 Å². The fraction of sp³-hybridized carbons (Fsp3) is 0.263. The van der Waals surface area contributed by atoms with Crippen molar-refractivity contribution in [2.45, 2.75) is 26.7 Å². The first-order valence-electron chi connectivity index (χ1n) is 7.96. The van der Waals surface area contributed by atoms with Gasteiger partial charge in [0.05, 0.1) is 0 Å². The molecule has 0 heterocycles. The van der Waals surface area contributed by atoms with E-state index < -0.39 is 5.41 Å². The van der Waals surface area contributed by atoms with E-state index in [9.17, 15) is 9.59 Å². The molecule has 1 saturated carbocycles. The number of benzene rings is 2. The molecule has 0 spiro atoms. The molecule has 6 heteroatoms. The number of hydrogen-bond donors (Lipinski definition) is 2. The Morgan fingerprint density at radius 1 is 0.840 bits per heavy atom. The highest BCUT2D eigenvalue weighted by atomic mass is 35.5. The van der Waals surface area contributed by atoms with E-state index in [0.29, 0.717) is 34.3 Å². The first-order valence-corrected chi connectivity index (χ1v) is 8.72. The van der Waals surface area contributed by atoms with Crippen LogP contribution in [0.15, 0.2) is 36.4 Å². The van der Waals surface area contributed by atoms with Crippen LogP contribution >= 0.6 is 23.2 Å². The summed E-state index contributed by atoms with van der Waals surface area (Å²) in [6, 6.07) is 10.5. The number of rotatable bonds is 4. The lowest BCUT2D eigenvalue weighted by Crippen LogP contribution is -2.35. The van der Waals surface area contributed by atoms with Gasteiger partial charge in [-0.25, -0.2) is 0 Å². The van der Waals surface area contributed by atoms with Gasteiger partial charge in [0.1, 0.15) is 5.41 Å². The lowest BCUT2D eigenvalue weighted by molar-refractivity contribution is -0.131. The van der Waals surface area contributed by atoms with E-state index in [4.69, 9.17) is 23.2 Å². The standard InChI is InChI=1S/C19H18Cl2N2O2/c1-11-3-4-15(7-12(11)2)22-17(24)19(5-6-19)18(25)23-16-9-13(20)8-14(21)10-16/h3-4,7-10H,5-6H2,1-2H3,(H,22,24)(H,23,25). The maximum Gasteiger partial charge on any atom is 0.240 e. The van der Waals surface area contributed by atoms with Crippen LogP contribution in [0, 0.1) is 19.3 Å². The lowest BCUT2D eigenvalue weighted by atomic mass is 10.0. The summed E-state index contributed by atoms with van der Waals surface area (Å²) < 4.78 is 0. The number of carbonyl (C=O) groups is 2. The summed E-state index contributed by atoms with van der Waals surface area (Å²) in [4.78, 5) is 25.2. The van der Waals surface area contributed by atoms with Crippen LogP contribution in [0.25, 0.3) is 0 Å². The zero-order valence-electron chi connectivity index (χ0n) is 14.0. The molecule has 130 valence electrons. The van der Waals surface area contributed by atoms with E-state index in [0.717, 1.165) is 11.1 Å². The highest BCUT2D eigenvalue weighted by Crippen LogP contribution is 2.47. The van der Waals surface area contributed by atoms with Crippen LogP contribution < -0.4 is 10.6 Å². The Kier molecular flexibility index (Phi) is 4.76. The minimum absolute atomic E-state index is 0.290. The molecule has 0 aliphatic heterocycles. The number of hydrogen-bond acceptors (Lipinski definition) is 2. The molecule has 0 aromatic heterocycles. The first-order chi connectivity index (χ1) is 11.8. The Hall–Kier alpha value is -2.04. The molecule has 0 bridgehead atoms. The van der Waals surface area contributed by atoms with Gasteiger partial charge in [0.15, 0.2) is 0 Å². The molecule has 1 fully saturated rings. The number of halogens is 2.